The summed E-state index contributed by atoms with van der Waals surface area (Å²) in [7, 11) is 1.61. The molecule has 1 aromatic rings. The first-order chi connectivity index (χ1) is 10.9. The molecular formula is C18H26N2O3. The lowest BCUT2D eigenvalue weighted by Gasteiger charge is -2.23. The summed E-state index contributed by atoms with van der Waals surface area (Å²) < 4.78 is 5.09. The van der Waals surface area contributed by atoms with Gasteiger partial charge in [-0.1, -0.05) is 26.0 Å². The Morgan fingerprint density at radius 1 is 1.30 bits per heavy atom. The lowest BCUT2D eigenvalue weighted by atomic mass is 10.0. The molecule has 5 heteroatoms. The normalized spacial score (nSPS) is 19.3. The molecule has 0 spiro atoms. The minimum atomic E-state index is -0.299. The number of benzene rings is 1. The van der Waals surface area contributed by atoms with Crippen LogP contribution in [-0.2, 0) is 14.3 Å². The Morgan fingerprint density at radius 2 is 1.96 bits per heavy atom. The van der Waals surface area contributed by atoms with Crippen LogP contribution in [0.4, 0.5) is 5.69 Å². The van der Waals surface area contributed by atoms with Gasteiger partial charge in [-0.2, -0.15) is 0 Å². The van der Waals surface area contributed by atoms with Gasteiger partial charge in [-0.05, 0) is 30.5 Å². The molecule has 1 aliphatic heterocycles. The number of nitrogens with one attached hydrogen (secondary N) is 1. The van der Waals surface area contributed by atoms with Gasteiger partial charge in [-0.25, -0.2) is 0 Å². The van der Waals surface area contributed by atoms with Crippen molar-refractivity contribution >= 4 is 17.5 Å². The maximum Gasteiger partial charge on any atom is 0.229 e. The molecule has 0 unspecified atom stereocenters. The van der Waals surface area contributed by atoms with Gasteiger partial charge in [-0.15, -0.1) is 0 Å². The Hall–Kier alpha value is -1.88. The van der Waals surface area contributed by atoms with Gasteiger partial charge in [0.2, 0.25) is 11.8 Å². The molecule has 126 valence electrons. The molecule has 0 bridgehead atoms. The summed E-state index contributed by atoms with van der Waals surface area (Å²) >= 11 is 0. The van der Waals surface area contributed by atoms with Crippen molar-refractivity contribution in [1.29, 1.82) is 0 Å². The number of rotatable bonds is 6. The zero-order chi connectivity index (χ0) is 17.0. The van der Waals surface area contributed by atoms with E-state index >= 15 is 0 Å². The first kappa shape index (κ1) is 17.5. The number of methoxy groups -OCH3 is 1. The third-order valence-corrected chi connectivity index (χ3v) is 4.31. The summed E-state index contributed by atoms with van der Waals surface area (Å²) in [6.07, 6.45) is 0.268. The first-order valence-electron chi connectivity index (χ1n) is 8.11. The van der Waals surface area contributed by atoms with E-state index in [2.05, 4.69) is 19.2 Å². The van der Waals surface area contributed by atoms with Gasteiger partial charge in [0.1, 0.15) is 0 Å². The zero-order valence-corrected chi connectivity index (χ0v) is 14.3. The molecule has 1 fully saturated rings. The van der Waals surface area contributed by atoms with Crippen molar-refractivity contribution in [2.24, 2.45) is 5.92 Å². The lowest BCUT2D eigenvalue weighted by molar-refractivity contribution is -0.130. The van der Waals surface area contributed by atoms with E-state index in [0.717, 1.165) is 5.69 Å². The number of carbonyl (C=O) groups is 2. The van der Waals surface area contributed by atoms with Crippen molar-refractivity contribution in [3.05, 3.63) is 29.8 Å². The Kier molecular flexibility index (Phi) is 5.77. The third-order valence-electron chi connectivity index (χ3n) is 4.31. The second-order valence-electron chi connectivity index (χ2n) is 6.52. The van der Waals surface area contributed by atoms with Crippen LogP contribution in [0.2, 0.25) is 0 Å². The standard InChI is InChI=1S/C18H26N2O3/c1-12(2)14-5-7-16(8-6-14)19-18(22)15-9-17(21)20(10-15)13(3)11-23-4/h5-8,12-13,15H,9-11H2,1-4H3,(H,19,22)/t13-,15-/m1/s1. The second kappa shape index (κ2) is 7.59. The second-order valence-corrected chi connectivity index (χ2v) is 6.52. The first-order valence-corrected chi connectivity index (χ1v) is 8.11. The van der Waals surface area contributed by atoms with E-state index in [0.29, 0.717) is 19.1 Å². The summed E-state index contributed by atoms with van der Waals surface area (Å²) in [6.45, 7) is 7.14. The minimum Gasteiger partial charge on any atom is -0.383 e. The van der Waals surface area contributed by atoms with Crippen LogP contribution in [0.3, 0.4) is 0 Å². The monoisotopic (exact) mass is 318 g/mol. The molecular weight excluding hydrogens is 292 g/mol. The Balaban J connectivity index is 1.95. The van der Waals surface area contributed by atoms with Crippen LogP contribution >= 0.6 is 0 Å². The smallest absolute Gasteiger partial charge is 0.229 e. The van der Waals surface area contributed by atoms with Crippen LogP contribution in [0.5, 0.6) is 0 Å². The fourth-order valence-corrected chi connectivity index (χ4v) is 2.86. The van der Waals surface area contributed by atoms with Crippen LogP contribution in [-0.4, -0.2) is 43.0 Å². The number of hydrogen-bond donors (Lipinski definition) is 1. The molecule has 1 N–H and O–H groups in total. The van der Waals surface area contributed by atoms with E-state index in [1.54, 1.807) is 12.0 Å². The van der Waals surface area contributed by atoms with E-state index in [1.165, 1.54) is 5.56 Å². The van der Waals surface area contributed by atoms with Gasteiger partial charge in [0.25, 0.3) is 0 Å². The van der Waals surface area contributed by atoms with Crippen molar-refractivity contribution < 1.29 is 14.3 Å². The zero-order valence-electron chi connectivity index (χ0n) is 14.3. The van der Waals surface area contributed by atoms with Crippen LogP contribution < -0.4 is 5.32 Å². The molecule has 2 rings (SSSR count). The molecule has 2 amide bonds. The van der Waals surface area contributed by atoms with Crippen LogP contribution in [0, 0.1) is 5.92 Å². The predicted molar refractivity (Wildman–Crippen MR) is 90.3 cm³/mol. The molecule has 0 aliphatic carbocycles. The van der Waals surface area contributed by atoms with Crippen molar-refractivity contribution in [3.8, 4) is 0 Å². The maximum atomic E-state index is 12.4. The SMILES string of the molecule is COC[C@@H](C)N1C[C@H](C(=O)Nc2ccc(C(C)C)cc2)CC1=O. The van der Waals surface area contributed by atoms with Gasteiger partial charge in [0.15, 0.2) is 0 Å². The van der Waals surface area contributed by atoms with Gasteiger partial charge >= 0.3 is 0 Å². The van der Waals surface area contributed by atoms with Crippen molar-refractivity contribution in [2.45, 2.75) is 39.2 Å². The van der Waals surface area contributed by atoms with Gasteiger partial charge in [-0.3, -0.25) is 9.59 Å². The van der Waals surface area contributed by atoms with Crippen LogP contribution in [0.25, 0.3) is 0 Å². The van der Waals surface area contributed by atoms with E-state index in [1.807, 2.05) is 31.2 Å². The highest BCUT2D eigenvalue weighted by Gasteiger charge is 2.36. The molecule has 1 heterocycles. The molecule has 2 atom stereocenters. The van der Waals surface area contributed by atoms with E-state index in [9.17, 15) is 9.59 Å². The molecule has 1 saturated heterocycles. The highest BCUT2D eigenvalue weighted by molar-refractivity contribution is 5.97. The number of anilines is 1. The summed E-state index contributed by atoms with van der Waals surface area (Å²) in [5.74, 6) is 0.0854. The highest BCUT2D eigenvalue weighted by atomic mass is 16.5. The average Bonchev–Trinajstić information content (AvgIpc) is 2.90. The summed E-state index contributed by atoms with van der Waals surface area (Å²) in [5, 5.41) is 2.91. The molecule has 0 radical (unpaired) electrons. The number of ether oxygens (including phenoxy) is 1. The fourth-order valence-electron chi connectivity index (χ4n) is 2.86. The summed E-state index contributed by atoms with van der Waals surface area (Å²) in [4.78, 5) is 26.2. The quantitative estimate of drug-likeness (QED) is 0.877. The fraction of sp³-hybridized carbons (Fsp3) is 0.556. The Bertz CT molecular complexity index is 554. The van der Waals surface area contributed by atoms with Crippen LogP contribution in [0.1, 0.15) is 38.7 Å². The number of likely N-dealkylation sites (tertiary alicyclic amines) is 1. The Morgan fingerprint density at radius 3 is 2.52 bits per heavy atom. The average molecular weight is 318 g/mol. The number of amides is 2. The van der Waals surface area contributed by atoms with E-state index in [-0.39, 0.29) is 30.2 Å². The number of carbonyl (C=O) groups excluding carboxylic acids is 2. The Labute approximate surface area is 138 Å². The number of hydrogen-bond acceptors (Lipinski definition) is 3. The van der Waals surface area contributed by atoms with E-state index < -0.39 is 0 Å². The molecule has 5 nitrogen and oxygen atoms in total. The number of nitrogens with zero attached hydrogens (tertiary/aromatic N) is 1. The van der Waals surface area contributed by atoms with E-state index in [4.69, 9.17) is 4.74 Å². The van der Waals surface area contributed by atoms with Gasteiger partial charge in [0.05, 0.1) is 18.6 Å². The van der Waals surface area contributed by atoms with Gasteiger partial charge < -0.3 is 15.0 Å². The minimum absolute atomic E-state index is 0.00405. The van der Waals surface area contributed by atoms with Crippen molar-refractivity contribution in [1.82, 2.24) is 4.90 Å². The summed E-state index contributed by atoms with van der Waals surface area (Å²) in [5.41, 5.74) is 2.01. The molecule has 1 aromatic carbocycles. The largest absolute Gasteiger partial charge is 0.383 e. The molecule has 0 saturated carbocycles. The lowest BCUT2D eigenvalue weighted by Crippen LogP contribution is -2.38. The van der Waals surface area contributed by atoms with Crippen molar-refractivity contribution in [3.63, 3.8) is 0 Å². The predicted octanol–water partition coefficient (Wildman–Crippen LogP) is 2.63. The molecule has 23 heavy (non-hydrogen) atoms. The highest BCUT2D eigenvalue weighted by Crippen LogP contribution is 2.23. The third kappa shape index (κ3) is 4.32. The van der Waals surface area contributed by atoms with Gasteiger partial charge in [0, 0.05) is 25.8 Å². The van der Waals surface area contributed by atoms with Crippen LogP contribution in [0.15, 0.2) is 24.3 Å². The topological polar surface area (TPSA) is 58.6 Å². The molecule has 1 aliphatic rings. The maximum absolute atomic E-state index is 12.4. The summed E-state index contributed by atoms with van der Waals surface area (Å²) in [6, 6.07) is 7.86. The molecule has 0 aromatic heterocycles. The van der Waals surface area contributed by atoms with Crippen molar-refractivity contribution in [2.75, 3.05) is 25.6 Å².